The van der Waals surface area contributed by atoms with Crippen LogP contribution in [0.2, 0.25) is 0 Å². The summed E-state index contributed by atoms with van der Waals surface area (Å²) < 4.78 is 1.30. The van der Waals surface area contributed by atoms with E-state index in [9.17, 15) is 14.9 Å². The molecule has 0 spiro atoms. The average Bonchev–Trinajstić information content (AvgIpc) is 3.09. The molecule has 1 aromatic carbocycles. The normalized spacial score (nSPS) is 16.9. The summed E-state index contributed by atoms with van der Waals surface area (Å²) in [5.74, 6) is -0.313. The summed E-state index contributed by atoms with van der Waals surface area (Å²) in [7, 11) is 0. The number of rotatable bonds is 4. The Kier molecular flexibility index (Phi) is 5.83. The lowest BCUT2D eigenvalue weighted by Crippen LogP contribution is -2.45. The summed E-state index contributed by atoms with van der Waals surface area (Å²) in [5.41, 5.74) is 0.333. The van der Waals surface area contributed by atoms with Crippen LogP contribution in [0.1, 0.15) is 23.2 Å². The minimum atomic E-state index is -0.532. The largest absolute Gasteiger partial charge is 0.348 e. The Morgan fingerprint density at radius 1 is 1.46 bits per heavy atom. The van der Waals surface area contributed by atoms with Crippen LogP contribution in [-0.4, -0.2) is 44.7 Å². The van der Waals surface area contributed by atoms with E-state index < -0.39 is 4.92 Å². The Morgan fingerprint density at radius 3 is 2.92 bits per heavy atom. The summed E-state index contributed by atoms with van der Waals surface area (Å²) in [6.45, 7) is 1.66. The molecule has 1 aromatic heterocycles. The number of aromatic nitrogens is 3. The molecule has 1 atom stereocenters. The number of carbonyl (C=O) groups is 1. The van der Waals surface area contributed by atoms with E-state index in [0.29, 0.717) is 6.54 Å². The maximum atomic E-state index is 12.3. The van der Waals surface area contributed by atoms with Gasteiger partial charge in [0.25, 0.3) is 11.6 Å². The molecule has 9 nitrogen and oxygen atoms in total. The number of nitro benzene ring substituents is 1. The molecule has 1 aliphatic rings. The van der Waals surface area contributed by atoms with Crippen molar-refractivity contribution < 1.29 is 9.72 Å². The zero-order valence-electron chi connectivity index (χ0n) is 12.7. The summed E-state index contributed by atoms with van der Waals surface area (Å²) in [6, 6.07) is 4.37. The molecule has 0 saturated carbocycles. The minimum Gasteiger partial charge on any atom is -0.348 e. The topological polar surface area (TPSA) is 115 Å². The quantitative estimate of drug-likeness (QED) is 0.628. The van der Waals surface area contributed by atoms with Gasteiger partial charge in [0, 0.05) is 24.2 Å². The van der Waals surface area contributed by atoms with Gasteiger partial charge in [0.05, 0.1) is 4.92 Å². The highest BCUT2D eigenvalue weighted by Crippen LogP contribution is 2.23. The van der Waals surface area contributed by atoms with E-state index in [1.807, 2.05) is 0 Å². The van der Waals surface area contributed by atoms with Crippen molar-refractivity contribution >= 4 is 24.0 Å². The first-order valence-corrected chi connectivity index (χ1v) is 7.30. The Balaban J connectivity index is 0.00000208. The molecule has 1 aliphatic heterocycles. The number of hydrogen-bond acceptors (Lipinski definition) is 6. The first kappa shape index (κ1) is 17.8. The van der Waals surface area contributed by atoms with Gasteiger partial charge in [-0.05, 0) is 31.5 Å². The maximum absolute atomic E-state index is 12.3. The van der Waals surface area contributed by atoms with Crippen molar-refractivity contribution in [2.24, 2.45) is 0 Å². The molecule has 3 rings (SSSR count). The number of nitro groups is 1. The predicted molar refractivity (Wildman–Crippen MR) is 88.6 cm³/mol. The van der Waals surface area contributed by atoms with Crippen LogP contribution in [-0.2, 0) is 0 Å². The number of piperidine rings is 1. The molecule has 0 aliphatic carbocycles. The molecule has 128 valence electrons. The summed E-state index contributed by atoms with van der Waals surface area (Å²) >= 11 is 0. The van der Waals surface area contributed by atoms with Crippen LogP contribution in [0.15, 0.2) is 30.9 Å². The number of hydrogen-bond donors (Lipinski definition) is 2. The molecule has 1 unspecified atom stereocenters. The third-order valence-corrected chi connectivity index (χ3v) is 3.73. The maximum Gasteiger partial charge on any atom is 0.295 e. The lowest BCUT2D eigenvalue weighted by molar-refractivity contribution is -0.384. The van der Waals surface area contributed by atoms with E-state index >= 15 is 0 Å². The van der Waals surface area contributed by atoms with E-state index in [2.05, 4.69) is 20.7 Å². The Hall–Kier alpha value is -2.52. The highest BCUT2D eigenvalue weighted by molar-refractivity contribution is 5.95. The van der Waals surface area contributed by atoms with Crippen molar-refractivity contribution in [2.45, 2.75) is 18.9 Å². The molecule has 1 saturated heterocycles. The van der Waals surface area contributed by atoms with Crippen LogP contribution in [0.4, 0.5) is 5.69 Å². The molecule has 0 bridgehead atoms. The van der Waals surface area contributed by atoms with Crippen LogP contribution in [0.25, 0.3) is 5.69 Å². The Labute approximate surface area is 144 Å². The van der Waals surface area contributed by atoms with Crippen molar-refractivity contribution in [1.82, 2.24) is 25.4 Å². The minimum absolute atomic E-state index is 0. The van der Waals surface area contributed by atoms with Gasteiger partial charge >= 0.3 is 0 Å². The van der Waals surface area contributed by atoms with Crippen molar-refractivity contribution in [2.75, 3.05) is 13.1 Å². The van der Waals surface area contributed by atoms with Gasteiger partial charge in [-0.3, -0.25) is 14.9 Å². The highest BCUT2D eigenvalue weighted by Gasteiger charge is 2.21. The van der Waals surface area contributed by atoms with Crippen LogP contribution in [0, 0.1) is 10.1 Å². The first-order chi connectivity index (χ1) is 11.1. The summed E-state index contributed by atoms with van der Waals surface area (Å²) in [5, 5.41) is 21.3. The fraction of sp³-hybridized carbons (Fsp3) is 0.357. The molecule has 24 heavy (non-hydrogen) atoms. The van der Waals surface area contributed by atoms with Gasteiger partial charge < -0.3 is 10.6 Å². The van der Waals surface area contributed by atoms with Crippen molar-refractivity contribution in [3.8, 4) is 5.69 Å². The van der Waals surface area contributed by atoms with E-state index in [-0.39, 0.29) is 41.3 Å². The van der Waals surface area contributed by atoms with Crippen molar-refractivity contribution in [1.29, 1.82) is 0 Å². The van der Waals surface area contributed by atoms with Crippen molar-refractivity contribution in [3.05, 3.63) is 46.5 Å². The third-order valence-electron chi connectivity index (χ3n) is 3.73. The fourth-order valence-corrected chi connectivity index (χ4v) is 2.58. The number of carbonyl (C=O) groups excluding carboxylic acids is 1. The number of halogens is 1. The number of benzene rings is 1. The van der Waals surface area contributed by atoms with E-state index in [0.717, 1.165) is 19.4 Å². The molecule has 10 heteroatoms. The van der Waals surface area contributed by atoms with E-state index in [1.165, 1.54) is 29.5 Å². The van der Waals surface area contributed by atoms with Crippen LogP contribution < -0.4 is 10.6 Å². The predicted octanol–water partition coefficient (Wildman–Crippen LogP) is 1.08. The molecule has 2 N–H and O–H groups in total. The molecular weight excluding hydrogens is 336 g/mol. The monoisotopic (exact) mass is 352 g/mol. The van der Waals surface area contributed by atoms with Gasteiger partial charge in [-0.25, -0.2) is 9.67 Å². The second-order valence-electron chi connectivity index (χ2n) is 5.32. The van der Waals surface area contributed by atoms with E-state index in [1.54, 1.807) is 6.07 Å². The summed E-state index contributed by atoms with van der Waals surface area (Å²) in [6.07, 6.45) is 4.56. The molecule has 2 heterocycles. The van der Waals surface area contributed by atoms with Gasteiger partial charge in [-0.15, -0.1) is 12.4 Å². The van der Waals surface area contributed by atoms with E-state index in [4.69, 9.17) is 0 Å². The fourth-order valence-electron chi connectivity index (χ4n) is 2.58. The van der Waals surface area contributed by atoms with Crippen LogP contribution in [0.3, 0.4) is 0 Å². The number of nitrogens with zero attached hydrogens (tertiary/aromatic N) is 4. The molecule has 1 amide bonds. The van der Waals surface area contributed by atoms with Gasteiger partial charge in [0.1, 0.15) is 18.3 Å². The Bertz CT molecular complexity index is 715. The SMILES string of the molecule is Cl.O=C(NC1CCCNC1)c1ccc(-n2cncn2)c([N+](=O)[O-])c1. The van der Waals surface area contributed by atoms with Gasteiger partial charge in [-0.1, -0.05) is 0 Å². The molecule has 2 aromatic rings. The first-order valence-electron chi connectivity index (χ1n) is 7.30. The molecule has 0 radical (unpaired) electrons. The highest BCUT2D eigenvalue weighted by atomic mass is 35.5. The van der Waals surface area contributed by atoms with Crippen LogP contribution in [0.5, 0.6) is 0 Å². The third kappa shape index (κ3) is 3.87. The lowest BCUT2D eigenvalue weighted by Gasteiger charge is -2.23. The van der Waals surface area contributed by atoms with Gasteiger partial charge in [0.2, 0.25) is 0 Å². The standard InChI is InChI=1S/C14H16N6O3.ClH/c21-14(18-11-2-1-5-15-7-11)10-3-4-12(13(6-10)20(22)23)19-9-16-8-17-19;/h3-4,6,8-9,11,15H,1-2,5,7H2,(H,18,21);1H. The smallest absolute Gasteiger partial charge is 0.295 e. The zero-order chi connectivity index (χ0) is 16.2. The van der Waals surface area contributed by atoms with Crippen molar-refractivity contribution in [3.63, 3.8) is 0 Å². The zero-order valence-corrected chi connectivity index (χ0v) is 13.5. The second kappa shape index (κ2) is 7.84. The molecule has 1 fully saturated rings. The lowest BCUT2D eigenvalue weighted by atomic mass is 10.1. The molecular formula is C14H17ClN6O3. The van der Waals surface area contributed by atoms with Gasteiger partial charge in [0.15, 0.2) is 0 Å². The number of nitrogens with one attached hydrogen (secondary N) is 2. The average molecular weight is 353 g/mol. The summed E-state index contributed by atoms with van der Waals surface area (Å²) in [4.78, 5) is 26.8. The van der Waals surface area contributed by atoms with Gasteiger partial charge in [-0.2, -0.15) is 5.10 Å². The Morgan fingerprint density at radius 2 is 2.29 bits per heavy atom. The second-order valence-corrected chi connectivity index (χ2v) is 5.32. The van der Waals surface area contributed by atoms with Crippen LogP contribution >= 0.6 is 12.4 Å². The number of amides is 1.